The van der Waals surface area contributed by atoms with Gasteiger partial charge in [0.2, 0.25) is 0 Å². The maximum absolute atomic E-state index is 6.07. The molecular formula is C14H15ClN2O. The van der Waals surface area contributed by atoms with Crippen molar-refractivity contribution in [3.8, 4) is 11.5 Å². The summed E-state index contributed by atoms with van der Waals surface area (Å²) in [5, 5.41) is 0.505. The summed E-state index contributed by atoms with van der Waals surface area (Å²) < 4.78 is 5.75. The molecule has 2 rings (SSSR count). The van der Waals surface area contributed by atoms with Gasteiger partial charge in [0.05, 0.1) is 10.7 Å². The van der Waals surface area contributed by atoms with Crippen molar-refractivity contribution in [2.24, 2.45) is 0 Å². The maximum Gasteiger partial charge on any atom is 0.168 e. The average molecular weight is 263 g/mol. The van der Waals surface area contributed by atoms with Gasteiger partial charge in [-0.15, -0.1) is 0 Å². The van der Waals surface area contributed by atoms with Gasteiger partial charge in [0, 0.05) is 25.8 Å². The Bertz CT molecular complexity index is 535. The van der Waals surface area contributed by atoms with Crippen LogP contribution in [-0.2, 0) is 0 Å². The van der Waals surface area contributed by atoms with Gasteiger partial charge in [-0.05, 0) is 24.3 Å². The molecule has 2 aromatic rings. The second kappa shape index (κ2) is 5.19. The summed E-state index contributed by atoms with van der Waals surface area (Å²) in [7, 11) is 3.95. The molecule has 94 valence electrons. The number of benzene rings is 2. The van der Waals surface area contributed by atoms with Crippen molar-refractivity contribution in [2.45, 2.75) is 0 Å². The highest BCUT2D eigenvalue weighted by atomic mass is 35.5. The van der Waals surface area contributed by atoms with Gasteiger partial charge in [-0.1, -0.05) is 23.7 Å². The molecule has 3 nitrogen and oxygen atoms in total. The van der Waals surface area contributed by atoms with Crippen LogP contribution in [0.3, 0.4) is 0 Å². The van der Waals surface area contributed by atoms with Crippen LogP contribution in [0.15, 0.2) is 42.5 Å². The zero-order chi connectivity index (χ0) is 13.1. The Kier molecular flexibility index (Phi) is 3.63. The Morgan fingerprint density at radius 3 is 2.50 bits per heavy atom. The molecule has 0 fully saturated rings. The van der Waals surface area contributed by atoms with Crippen LogP contribution in [-0.4, -0.2) is 14.1 Å². The highest BCUT2D eigenvalue weighted by Gasteiger charge is 2.07. The second-order valence-corrected chi connectivity index (χ2v) is 4.56. The van der Waals surface area contributed by atoms with Crippen LogP contribution in [0.5, 0.6) is 11.5 Å². The minimum absolute atomic E-state index is 0.495. The molecule has 0 saturated carbocycles. The van der Waals surface area contributed by atoms with E-state index in [1.54, 1.807) is 18.2 Å². The molecule has 18 heavy (non-hydrogen) atoms. The molecule has 0 heterocycles. The smallest absolute Gasteiger partial charge is 0.168 e. The number of anilines is 2. The number of nitrogen functional groups attached to an aromatic ring is 1. The zero-order valence-corrected chi connectivity index (χ0v) is 11.1. The predicted octanol–water partition coefficient (Wildman–Crippen LogP) is 3.78. The molecule has 0 aromatic heterocycles. The number of ether oxygens (including phenoxy) is 1. The van der Waals surface area contributed by atoms with Crippen LogP contribution in [0.25, 0.3) is 0 Å². The van der Waals surface area contributed by atoms with Crippen molar-refractivity contribution in [1.29, 1.82) is 0 Å². The van der Waals surface area contributed by atoms with Crippen LogP contribution in [0.1, 0.15) is 0 Å². The lowest BCUT2D eigenvalue weighted by Crippen LogP contribution is -2.08. The number of halogens is 1. The Morgan fingerprint density at radius 1 is 1.11 bits per heavy atom. The zero-order valence-electron chi connectivity index (χ0n) is 10.4. The van der Waals surface area contributed by atoms with E-state index in [1.165, 1.54) is 0 Å². The van der Waals surface area contributed by atoms with E-state index < -0.39 is 0 Å². The van der Waals surface area contributed by atoms with Gasteiger partial charge in [-0.3, -0.25) is 0 Å². The van der Waals surface area contributed by atoms with E-state index in [0.717, 1.165) is 5.69 Å². The Balaban J connectivity index is 2.31. The summed E-state index contributed by atoms with van der Waals surface area (Å²) in [6.45, 7) is 0. The molecule has 0 aliphatic carbocycles. The fourth-order valence-corrected chi connectivity index (χ4v) is 1.80. The largest absolute Gasteiger partial charge is 0.454 e. The van der Waals surface area contributed by atoms with E-state index in [0.29, 0.717) is 22.2 Å². The first-order valence-electron chi connectivity index (χ1n) is 5.57. The van der Waals surface area contributed by atoms with Crippen molar-refractivity contribution in [3.05, 3.63) is 47.5 Å². The quantitative estimate of drug-likeness (QED) is 0.856. The fraction of sp³-hybridized carbons (Fsp3) is 0.143. The van der Waals surface area contributed by atoms with Gasteiger partial charge in [0.25, 0.3) is 0 Å². The number of para-hydroxylation sites is 1. The first-order valence-corrected chi connectivity index (χ1v) is 5.95. The third kappa shape index (κ3) is 2.68. The molecule has 0 atom stereocenters. The van der Waals surface area contributed by atoms with Crippen molar-refractivity contribution in [1.82, 2.24) is 0 Å². The average Bonchev–Trinajstić information content (AvgIpc) is 2.34. The normalized spacial score (nSPS) is 10.2. The molecular weight excluding hydrogens is 248 g/mol. The summed E-state index contributed by atoms with van der Waals surface area (Å²) in [5.74, 6) is 1.20. The molecule has 0 aliphatic rings. The summed E-state index contributed by atoms with van der Waals surface area (Å²) in [6.07, 6.45) is 0. The predicted molar refractivity (Wildman–Crippen MR) is 76.7 cm³/mol. The molecule has 2 aromatic carbocycles. The van der Waals surface area contributed by atoms with Gasteiger partial charge >= 0.3 is 0 Å². The van der Waals surface area contributed by atoms with Crippen LogP contribution in [0.2, 0.25) is 5.02 Å². The summed E-state index contributed by atoms with van der Waals surface area (Å²) in [6, 6.07) is 13.0. The molecule has 4 heteroatoms. The number of nitrogens with zero attached hydrogens (tertiary/aromatic N) is 1. The molecule has 0 aliphatic heterocycles. The Labute approximate surface area is 112 Å². The lowest BCUT2D eigenvalue weighted by molar-refractivity contribution is 0.485. The van der Waals surface area contributed by atoms with Gasteiger partial charge < -0.3 is 15.4 Å². The van der Waals surface area contributed by atoms with Gasteiger partial charge in [0.15, 0.2) is 5.75 Å². The standard InChI is InChI=1S/C14H15ClN2O/c1-17(2)10-5-3-6-11(9-10)18-14-12(15)7-4-8-13(14)16/h3-9H,16H2,1-2H3. The number of hydrogen-bond acceptors (Lipinski definition) is 3. The van der Waals surface area contributed by atoms with E-state index in [2.05, 4.69) is 0 Å². The van der Waals surface area contributed by atoms with Gasteiger partial charge in [-0.2, -0.15) is 0 Å². The highest BCUT2D eigenvalue weighted by Crippen LogP contribution is 2.35. The second-order valence-electron chi connectivity index (χ2n) is 4.15. The highest BCUT2D eigenvalue weighted by molar-refractivity contribution is 6.32. The number of hydrogen-bond donors (Lipinski definition) is 1. The van der Waals surface area contributed by atoms with E-state index in [9.17, 15) is 0 Å². The van der Waals surface area contributed by atoms with E-state index in [-0.39, 0.29) is 0 Å². The lowest BCUT2D eigenvalue weighted by Gasteiger charge is -2.15. The third-order valence-corrected chi connectivity index (χ3v) is 2.85. The first-order chi connectivity index (χ1) is 8.58. The molecule has 0 unspecified atom stereocenters. The Hall–Kier alpha value is -1.87. The lowest BCUT2D eigenvalue weighted by atomic mass is 10.2. The molecule has 0 bridgehead atoms. The van der Waals surface area contributed by atoms with Gasteiger partial charge in [0.1, 0.15) is 5.75 Å². The summed E-state index contributed by atoms with van der Waals surface area (Å²) >= 11 is 6.07. The van der Waals surface area contributed by atoms with Crippen LogP contribution < -0.4 is 15.4 Å². The van der Waals surface area contributed by atoms with Crippen LogP contribution in [0, 0.1) is 0 Å². The van der Waals surface area contributed by atoms with E-state index in [4.69, 9.17) is 22.1 Å². The first kappa shape index (κ1) is 12.6. The molecule has 2 N–H and O–H groups in total. The Morgan fingerprint density at radius 2 is 1.83 bits per heavy atom. The molecule has 0 spiro atoms. The van der Waals surface area contributed by atoms with Crippen molar-refractivity contribution >= 4 is 23.0 Å². The van der Waals surface area contributed by atoms with Gasteiger partial charge in [-0.25, -0.2) is 0 Å². The molecule has 0 amide bonds. The SMILES string of the molecule is CN(C)c1cccc(Oc2c(N)cccc2Cl)c1. The minimum Gasteiger partial charge on any atom is -0.454 e. The van der Waals surface area contributed by atoms with Crippen molar-refractivity contribution in [3.63, 3.8) is 0 Å². The summed E-state index contributed by atoms with van der Waals surface area (Å²) in [4.78, 5) is 2.00. The van der Waals surface area contributed by atoms with Crippen molar-refractivity contribution in [2.75, 3.05) is 24.7 Å². The number of nitrogens with two attached hydrogens (primary N) is 1. The molecule has 0 saturated heterocycles. The fourth-order valence-electron chi connectivity index (χ4n) is 1.58. The topological polar surface area (TPSA) is 38.5 Å². The van der Waals surface area contributed by atoms with E-state index >= 15 is 0 Å². The third-order valence-electron chi connectivity index (χ3n) is 2.55. The monoisotopic (exact) mass is 262 g/mol. The number of rotatable bonds is 3. The van der Waals surface area contributed by atoms with E-state index in [1.807, 2.05) is 43.3 Å². The maximum atomic E-state index is 6.07. The van der Waals surface area contributed by atoms with Crippen LogP contribution in [0.4, 0.5) is 11.4 Å². The minimum atomic E-state index is 0.495. The van der Waals surface area contributed by atoms with Crippen molar-refractivity contribution < 1.29 is 4.74 Å². The molecule has 0 radical (unpaired) electrons. The van der Waals surface area contributed by atoms with Crippen LogP contribution >= 0.6 is 11.6 Å². The summed E-state index contributed by atoms with van der Waals surface area (Å²) in [5.41, 5.74) is 7.43.